The van der Waals surface area contributed by atoms with Gasteiger partial charge in [0, 0.05) is 32.5 Å². The van der Waals surface area contributed by atoms with Crippen molar-refractivity contribution in [3.63, 3.8) is 0 Å². The first-order valence-electron chi connectivity index (χ1n) is 11.0. The van der Waals surface area contributed by atoms with E-state index in [4.69, 9.17) is 4.98 Å². The number of fused-ring (bicyclic) bond motifs is 2. The standard InChI is InChI=1S/C23H23N9O/c1-13-24-10-16(11-25-13)20-30-19-21(31(20)2)26-12-27-22(19)32-7-5-14(6-8-32)15-3-4-17-18(9-15)29-23(33)28-17/h3-4,9-12,14H,5-8H2,1-2H3,(H2,28,29,33). The summed E-state index contributed by atoms with van der Waals surface area (Å²) in [6.45, 7) is 3.61. The van der Waals surface area contributed by atoms with Gasteiger partial charge in [0.05, 0.1) is 16.6 Å². The van der Waals surface area contributed by atoms with Crippen LogP contribution in [0.3, 0.4) is 0 Å². The molecule has 10 nitrogen and oxygen atoms in total. The van der Waals surface area contributed by atoms with Crippen LogP contribution in [0.4, 0.5) is 5.82 Å². The maximum Gasteiger partial charge on any atom is 0.323 e. The van der Waals surface area contributed by atoms with Crippen molar-refractivity contribution in [2.45, 2.75) is 25.7 Å². The van der Waals surface area contributed by atoms with E-state index in [-0.39, 0.29) is 5.69 Å². The maximum atomic E-state index is 11.6. The van der Waals surface area contributed by atoms with Crippen LogP contribution in [0.1, 0.15) is 30.1 Å². The summed E-state index contributed by atoms with van der Waals surface area (Å²) < 4.78 is 1.97. The molecule has 1 aliphatic rings. The van der Waals surface area contributed by atoms with Crippen molar-refractivity contribution in [1.82, 2.24) is 39.5 Å². The number of aryl methyl sites for hydroxylation is 2. The quantitative estimate of drug-likeness (QED) is 0.441. The second-order valence-corrected chi connectivity index (χ2v) is 8.53. The predicted octanol–water partition coefficient (Wildman–Crippen LogP) is 2.68. The number of rotatable bonds is 3. The number of nitrogens with zero attached hydrogens (tertiary/aromatic N) is 7. The first-order chi connectivity index (χ1) is 16.1. The molecule has 2 N–H and O–H groups in total. The van der Waals surface area contributed by atoms with Gasteiger partial charge < -0.3 is 19.4 Å². The van der Waals surface area contributed by atoms with E-state index in [1.807, 2.05) is 24.6 Å². The molecule has 5 heterocycles. The molecular formula is C23H23N9O. The molecule has 5 aromatic rings. The molecule has 1 aromatic carbocycles. The van der Waals surface area contributed by atoms with Crippen LogP contribution < -0.4 is 10.6 Å². The van der Waals surface area contributed by atoms with Crippen LogP contribution in [0.25, 0.3) is 33.6 Å². The van der Waals surface area contributed by atoms with Gasteiger partial charge in [-0.25, -0.2) is 29.7 Å². The molecule has 6 rings (SSSR count). The van der Waals surface area contributed by atoms with Crippen molar-refractivity contribution >= 4 is 28.0 Å². The Morgan fingerprint density at radius 1 is 1.00 bits per heavy atom. The molecular weight excluding hydrogens is 418 g/mol. The third kappa shape index (κ3) is 3.34. The lowest BCUT2D eigenvalue weighted by Gasteiger charge is -2.33. The zero-order chi connectivity index (χ0) is 22.5. The molecule has 10 heteroatoms. The summed E-state index contributed by atoms with van der Waals surface area (Å²) in [7, 11) is 1.95. The molecule has 0 unspecified atom stereocenters. The second kappa shape index (κ2) is 7.51. The van der Waals surface area contributed by atoms with Gasteiger partial charge in [-0.2, -0.15) is 0 Å². The van der Waals surface area contributed by atoms with E-state index in [2.05, 4.69) is 46.9 Å². The van der Waals surface area contributed by atoms with Crippen LogP contribution in [0.2, 0.25) is 0 Å². The van der Waals surface area contributed by atoms with Gasteiger partial charge in [0.25, 0.3) is 0 Å². The Hall–Kier alpha value is -4.08. The summed E-state index contributed by atoms with van der Waals surface area (Å²) in [5.41, 5.74) is 5.22. The van der Waals surface area contributed by atoms with E-state index in [0.29, 0.717) is 5.92 Å². The number of H-pyrrole nitrogens is 2. The monoisotopic (exact) mass is 441 g/mol. The molecule has 0 bridgehead atoms. The average molecular weight is 441 g/mol. The fraction of sp³-hybridized carbons (Fsp3) is 0.304. The van der Waals surface area contributed by atoms with Gasteiger partial charge in [-0.1, -0.05) is 6.07 Å². The van der Waals surface area contributed by atoms with Crippen LogP contribution in [0, 0.1) is 6.92 Å². The molecule has 1 saturated heterocycles. The fourth-order valence-electron chi connectivity index (χ4n) is 4.71. The summed E-state index contributed by atoms with van der Waals surface area (Å²) in [4.78, 5) is 42.1. The highest BCUT2D eigenvalue weighted by molar-refractivity contribution is 5.86. The second-order valence-electron chi connectivity index (χ2n) is 8.53. The predicted molar refractivity (Wildman–Crippen MR) is 125 cm³/mol. The lowest BCUT2D eigenvalue weighted by Crippen LogP contribution is -2.33. The fourth-order valence-corrected chi connectivity index (χ4v) is 4.71. The Morgan fingerprint density at radius 2 is 1.76 bits per heavy atom. The zero-order valence-corrected chi connectivity index (χ0v) is 18.4. The molecule has 166 valence electrons. The topological polar surface area (TPSA) is 121 Å². The number of piperidine rings is 1. The van der Waals surface area contributed by atoms with Crippen LogP contribution in [0.5, 0.6) is 0 Å². The van der Waals surface area contributed by atoms with Gasteiger partial charge in [0.2, 0.25) is 0 Å². The van der Waals surface area contributed by atoms with Gasteiger partial charge in [-0.15, -0.1) is 0 Å². The van der Waals surface area contributed by atoms with E-state index < -0.39 is 0 Å². The van der Waals surface area contributed by atoms with E-state index in [1.54, 1.807) is 18.7 Å². The molecule has 1 fully saturated rings. The lowest BCUT2D eigenvalue weighted by atomic mass is 9.89. The number of anilines is 1. The summed E-state index contributed by atoms with van der Waals surface area (Å²) in [5.74, 6) is 2.79. The van der Waals surface area contributed by atoms with Gasteiger partial charge in [0.15, 0.2) is 17.0 Å². The van der Waals surface area contributed by atoms with Gasteiger partial charge in [-0.3, -0.25) is 0 Å². The number of nitrogens with one attached hydrogen (secondary N) is 2. The third-order valence-corrected chi connectivity index (χ3v) is 6.48. The van der Waals surface area contributed by atoms with E-state index in [9.17, 15) is 4.79 Å². The molecule has 0 amide bonds. The van der Waals surface area contributed by atoms with E-state index in [1.165, 1.54) is 5.56 Å². The third-order valence-electron chi connectivity index (χ3n) is 6.48. The van der Waals surface area contributed by atoms with Crippen molar-refractivity contribution in [1.29, 1.82) is 0 Å². The number of hydrogen-bond donors (Lipinski definition) is 2. The largest absolute Gasteiger partial charge is 0.355 e. The number of aromatic amines is 2. The van der Waals surface area contributed by atoms with Crippen LogP contribution >= 0.6 is 0 Å². The Balaban J connectivity index is 1.28. The molecule has 0 radical (unpaired) electrons. The first kappa shape index (κ1) is 19.6. The first-order valence-corrected chi connectivity index (χ1v) is 11.0. The summed E-state index contributed by atoms with van der Waals surface area (Å²) in [6.07, 6.45) is 7.18. The summed E-state index contributed by atoms with van der Waals surface area (Å²) >= 11 is 0. The maximum absolute atomic E-state index is 11.6. The SMILES string of the molecule is Cc1ncc(-c2nc3c(N4CCC(c5ccc6[nH]c(=O)[nH]c6c5)CC4)ncnc3n2C)cn1. The van der Waals surface area contributed by atoms with Crippen LogP contribution in [-0.2, 0) is 7.05 Å². The Morgan fingerprint density at radius 3 is 2.55 bits per heavy atom. The molecule has 0 spiro atoms. The average Bonchev–Trinajstić information content (AvgIpc) is 3.38. The smallest absolute Gasteiger partial charge is 0.323 e. The van der Waals surface area contributed by atoms with E-state index >= 15 is 0 Å². The molecule has 0 saturated carbocycles. The van der Waals surface area contributed by atoms with Gasteiger partial charge in [0.1, 0.15) is 18.0 Å². The number of imidazole rings is 2. The normalized spacial score (nSPS) is 15.0. The Labute approximate surface area is 188 Å². The minimum absolute atomic E-state index is 0.170. The minimum atomic E-state index is -0.170. The van der Waals surface area contributed by atoms with Crippen LogP contribution in [-0.4, -0.2) is 52.5 Å². The highest BCUT2D eigenvalue weighted by Gasteiger charge is 2.25. The van der Waals surface area contributed by atoms with Crippen LogP contribution in [0.15, 0.2) is 41.7 Å². The number of benzene rings is 1. The van der Waals surface area contributed by atoms with Crippen molar-refractivity contribution < 1.29 is 0 Å². The lowest BCUT2D eigenvalue weighted by molar-refractivity contribution is 0.503. The molecule has 33 heavy (non-hydrogen) atoms. The highest BCUT2D eigenvalue weighted by Crippen LogP contribution is 2.33. The van der Waals surface area contributed by atoms with Crippen molar-refractivity contribution in [3.05, 3.63) is 58.8 Å². The van der Waals surface area contributed by atoms with Gasteiger partial charge >= 0.3 is 5.69 Å². The Kier molecular flexibility index (Phi) is 4.46. The van der Waals surface area contributed by atoms with Gasteiger partial charge in [-0.05, 0) is 43.4 Å². The molecule has 0 aliphatic carbocycles. The number of hydrogen-bond acceptors (Lipinski definition) is 7. The minimum Gasteiger partial charge on any atom is -0.355 e. The van der Waals surface area contributed by atoms with Crippen molar-refractivity contribution in [3.8, 4) is 11.4 Å². The highest BCUT2D eigenvalue weighted by atomic mass is 16.1. The van der Waals surface area contributed by atoms with Crippen molar-refractivity contribution in [2.24, 2.45) is 7.05 Å². The van der Waals surface area contributed by atoms with E-state index in [0.717, 1.165) is 71.2 Å². The zero-order valence-electron chi connectivity index (χ0n) is 18.4. The number of aromatic nitrogens is 8. The summed E-state index contributed by atoms with van der Waals surface area (Å²) in [5, 5.41) is 0. The summed E-state index contributed by atoms with van der Waals surface area (Å²) in [6, 6.07) is 6.18. The Bertz CT molecular complexity index is 1520. The molecule has 4 aromatic heterocycles. The van der Waals surface area contributed by atoms with Crippen molar-refractivity contribution in [2.75, 3.05) is 18.0 Å². The molecule has 1 aliphatic heterocycles. The molecule has 0 atom stereocenters.